The van der Waals surface area contributed by atoms with Crippen molar-refractivity contribution in [3.8, 4) is 0 Å². The Bertz CT molecular complexity index is 715. The molecule has 0 aliphatic rings. The minimum Gasteiger partial charge on any atom is -0.378 e. The quantitative estimate of drug-likeness (QED) is 0.891. The summed E-state index contributed by atoms with van der Waals surface area (Å²) in [5, 5.41) is 8.30. The van der Waals surface area contributed by atoms with E-state index in [1.165, 1.54) is 24.3 Å². The second-order valence-corrected chi connectivity index (χ2v) is 6.29. The van der Waals surface area contributed by atoms with E-state index >= 15 is 0 Å². The molecule has 0 heterocycles. The SMILES string of the molecule is CCC(Nc1ccc(S(N)(=O)=O)cc1)c1cccc(F)c1. The molecule has 0 saturated carbocycles. The summed E-state index contributed by atoms with van der Waals surface area (Å²) in [6.45, 7) is 1.99. The lowest BCUT2D eigenvalue weighted by atomic mass is 10.0. The van der Waals surface area contributed by atoms with Crippen LogP contribution in [0.4, 0.5) is 10.1 Å². The van der Waals surface area contributed by atoms with Gasteiger partial charge in [0.1, 0.15) is 5.82 Å². The largest absolute Gasteiger partial charge is 0.378 e. The summed E-state index contributed by atoms with van der Waals surface area (Å²) >= 11 is 0. The first kappa shape index (κ1) is 15.5. The van der Waals surface area contributed by atoms with E-state index in [9.17, 15) is 12.8 Å². The summed E-state index contributed by atoms with van der Waals surface area (Å²) in [5.41, 5.74) is 1.59. The summed E-state index contributed by atoms with van der Waals surface area (Å²) in [7, 11) is -3.69. The predicted molar refractivity (Wildman–Crippen MR) is 80.9 cm³/mol. The molecule has 112 valence electrons. The molecule has 0 spiro atoms. The Morgan fingerprint density at radius 3 is 2.38 bits per heavy atom. The van der Waals surface area contributed by atoms with Crippen molar-refractivity contribution >= 4 is 15.7 Å². The van der Waals surface area contributed by atoms with Gasteiger partial charge in [-0.3, -0.25) is 0 Å². The Hall–Kier alpha value is -1.92. The molecule has 2 rings (SSSR count). The van der Waals surface area contributed by atoms with E-state index in [-0.39, 0.29) is 16.8 Å². The molecule has 1 unspecified atom stereocenters. The molecule has 2 aromatic rings. The van der Waals surface area contributed by atoms with Crippen molar-refractivity contribution in [3.63, 3.8) is 0 Å². The van der Waals surface area contributed by atoms with Crippen LogP contribution in [0.15, 0.2) is 53.4 Å². The van der Waals surface area contributed by atoms with Crippen molar-refractivity contribution in [2.24, 2.45) is 5.14 Å². The van der Waals surface area contributed by atoms with Crippen molar-refractivity contribution in [1.29, 1.82) is 0 Å². The van der Waals surface area contributed by atoms with E-state index in [4.69, 9.17) is 5.14 Å². The summed E-state index contributed by atoms with van der Waals surface area (Å²) < 4.78 is 35.7. The maximum atomic E-state index is 13.3. The maximum absolute atomic E-state index is 13.3. The van der Waals surface area contributed by atoms with Crippen LogP contribution in [0.1, 0.15) is 24.9 Å². The minimum absolute atomic E-state index is 0.0546. The van der Waals surface area contributed by atoms with Gasteiger partial charge in [-0.15, -0.1) is 0 Å². The molecule has 0 aliphatic heterocycles. The normalized spacial score (nSPS) is 12.9. The molecular weight excluding hydrogens is 291 g/mol. The number of halogens is 1. The average Bonchev–Trinajstić information content (AvgIpc) is 2.44. The first-order chi connectivity index (χ1) is 9.90. The molecule has 0 saturated heterocycles. The standard InChI is InChI=1S/C15H17FN2O2S/c1-2-15(11-4-3-5-12(16)10-11)18-13-6-8-14(9-7-13)21(17,19)20/h3-10,15,18H,2H2,1H3,(H2,17,19,20). The van der Waals surface area contributed by atoms with Crippen LogP contribution in [-0.2, 0) is 10.0 Å². The predicted octanol–water partition coefficient (Wildman–Crippen LogP) is 3.04. The fraction of sp³-hybridized carbons (Fsp3) is 0.200. The number of hydrogen-bond donors (Lipinski definition) is 2. The number of primary sulfonamides is 1. The highest BCUT2D eigenvalue weighted by Gasteiger charge is 2.11. The monoisotopic (exact) mass is 308 g/mol. The summed E-state index contributed by atoms with van der Waals surface area (Å²) in [6.07, 6.45) is 0.764. The van der Waals surface area contributed by atoms with Gasteiger partial charge in [-0.05, 0) is 48.4 Å². The highest BCUT2D eigenvalue weighted by atomic mass is 32.2. The fourth-order valence-corrected chi connectivity index (χ4v) is 2.60. The first-order valence-electron chi connectivity index (χ1n) is 6.55. The number of anilines is 1. The van der Waals surface area contributed by atoms with Gasteiger partial charge in [-0.2, -0.15) is 0 Å². The van der Waals surface area contributed by atoms with Crippen LogP contribution in [0.5, 0.6) is 0 Å². The third-order valence-corrected chi connectivity index (χ3v) is 4.11. The van der Waals surface area contributed by atoms with Gasteiger partial charge < -0.3 is 5.32 Å². The molecule has 21 heavy (non-hydrogen) atoms. The summed E-state index contributed by atoms with van der Waals surface area (Å²) in [6, 6.07) is 12.5. The van der Waals surface area contributed by atoms with E-state index < -0.39 is 10.0 Å². The Labute approximate surface area is 123 Å². The van der Waals surface area contributed by atoms with E-state index in [1.807, 2.05) is 13.0 Å². The topological polar surface area (TPSA) is 72.2 Å². The molecule has 3 N–H and O–H groups in total. The van der Waals surface area contributed by atoms with E-state index in [0.29, 0.717) is 0 Å². The van der Waals surface area contributed by atoms with Gasteiger partial charge in [0, 0.05) is 5.69 Å². The van der Waals surface area contributed by atoms with E-state index in [0.717, 1.165) is 17.7 Å². The van der Waals surface area contributed by atoms with Crippen LogP contribution < -0.4 is 10.5 Å². The lowest BCUT2D eigenvalue weighted by Gasteiger charge is -2.19. The Morgan fingerprint density at radius 1 is 1.19 bits per heavy atom. The van der Waals surface area contributed by atoms with Crippen LogP contribution >= 0.6 is 0 Å². The summed E-state index contributed by atoms with van der Waals surface area (Å²) in [4.78, 5) is 0.0619. The third kappa shape index (κ3) is 4.03. The van der Waals surface area contributed by atoms with Crippen LogP contribution in [0.25, 0.3) is 0 Å². The van der Waals surface area contributed by atoms with Crippen molar-refractivity contribution in [3.05, 3.63) is 59.9 Å². The molecule has 0 aliphatic carbocycles. The minimum atomic E-state index is -3.69. The van der Waals surface area contributed by atoms with E-state index in [1.54, 1.807) is 18.2 Å². The molecule has 1 atom stereocenters. The number of benzene rings is 2. The Kier molecular flexibility index (Phi) is 4.59. The highest BCUT2D eigenvalue weighted by Crippen LogP contribution is 2.23. The smallest absolute Gasteiger partial charge is 0.238 e. The van der Waals surface area contributed by atoms with Crippen LogP contribution in [0.2, 0.25) is 0 Å². The molecule has 0 bridgehead atoms. The van der Waals surface area contributed by atoms with Gasteiger partial charge in [-0.1, -0.05) is 19.1 Å². The second-order valence-electron chi connectivity index (χ2n) is 4.73. The number of hydrogen-bond acceptors (Lipinski definition) is 3. The summed E-state index contributed by atoms with van der Waals surface area (Å²) in [5.74, 6) is -0.280. The molecule has 0 aromatic heterocycles. The zero-order valence-electron chi connectivity index (χ0n) is 11.6. The van der Waals surface area contributed by atoms with Gasteiger partial charge in [0.2, 0.25) is 10.0 Å². The Morgan fingerprint density at radius 2 is 1.86 bits per heavy atom. The zero-order valence-corrected chi connectivity index (χ0v) is 12.4. The first-order valence-corrected chi connectivity index (χ1v) is 8.09. The lowest BCUT2D eigenvalue weighted by Crippen LogP contribution is -2.13. The second kappa shape index (κ2) is 6.24. The van der Waals surface area contributed by atoms with Crippen molar-refractivity contribution < 1.29 is 12.8 Å². The average molecular weight is 308 g/mol. The van der Waals surface area contributed by atoms with Crippen LogP contribution in [0.3, 0.4) is 0 Å². The molecule has 6 heteroatoms. The van der Waals surface area contributed by atoms with Crippen molar-refractivity contribution in [1.82, 2.24) is 0 Å². The number of nitrogens with two attached hydrogens (primary N) is 1. The van der Waals surface area contributed by atoms with Gasteiger partial charge in [0.05, 0.1) is 10.9 Å². The molecular formula is C15H17FN2O2S. The maximum Gasteiger partial charge on any atom is 0.238 e. The number of rotatable bonds is 5. The molecule has 4 nitrogen and oxygen atoms in total. The molecule has 2 aromatic carbocycles. The van der Waals surface area contributed by atoms with Crippen LogP contribution in [-0.4, -0.2) is 8.42 Å². The molecule has 0 amide bonds. The van der Waals surface area contributed by atoms with Gasteiger partial charge in [0.25, 0.3) is 0 Å². The molecule has 0 fully saturated rings. The van der Waals surface area contributed by atoms with Crippen molar-refractivity contribution in [2.75, 3.05) is 5.32 Å². The molecule has 0 radical (unpaired) electrons. The lowest BCUT2D eigenvalue weighted by molar-refractivity contribution is 0.597. The van der Waals surface area contributed by atoms with E-state index in [2.05, 4.69) is 5.32 Å². The van der Waals surface area contributed by atoms with Gasteiger partial charge in [-0.25, -0.2) is 17.9 Å². The van der Waals surface area contributed by atoms with Crippen molar-refractivity contribution in [2.45, 2.75) is 24.3 Å². The van der Waals surface area contributed by atoms with Crippen LogP contribution in [0, 0.1) is 5.82 Å². The van der Waals surface area contributed by atoms with Gasteiger partial charge in [0.15, 0.2) is 0 Å². The zero-order chi connectivity index (χ0) is 15.5. The third-order valence-electron chi connectivity index (χ3n) is 3.18. The number of sulfonamides is 1. The Balaban J connectivity index is 2.19. The fourth-order valence-electron chi connectivity index (χ4n) is 2.09. The highest BCUT2D eigenvalue weighted by molar-refractivity contribution is 7.89. The van der Waals surface area contributed by atoms with Gasteiger partial charge >= 0.3 is 0 Å². The number of nitrogens with one attached hydrogen (secondary N) is 1.